The third kappa shape index (κ3) is 3.73. The number of nitrogens with zero attached hydrogens (tertiary/aromatic N) is 1. The molecular formula is C9H23NO. The van der Waals surface area contributed by atoms with E-state index < -0.39 is 0 Å². The van der Waals surface area contributed by atoms with Gasteiger partial charge in [-0.15, -0.1) is 0 Å². The van der Waals surface area contributed by atoms with Crippen LogP contribution < -0.4 is 0 Å². The van der Waals surface area contributed by atoms with Gasteiger partial charge in [0.05, 0.1) is 26.2 Å². The van der Waals surface area contributed by atoms with E-state index in [0.717, 1.165) is 0 Å². The maximum Gasteiger partial charge on any atom is 0.0783 e. The third-order valence-corrected chi connectivity index (χ3v) is 2.71. The van der Waals surface area contributed by atoms with Gasteiger partial charge in [0.1, 0.15) is 0 Å². The highest BCUT2D eigenvalue weighted by Crippen LogP contribution is 2.06. The summed E-state index contributed by atoms with van der Waals surface area (Å²) in [4.78, 5) is 0. The van der Waals surface area contributed by atoms with Gasteiger partial charge in [-0.1, -0.05) is 6.92 Å². The quantitative estimate of drug-likeness (QED) is 0.568. The topological polar surface area (TPSA) is 30.0 Å². The summed E-state index contributed by atoms with van der Waals surface area (Å²) in [6, 6.07) is 0. The summed E-state index contributed by atoms with van der Waals surface area (Å²) in [5.41, 5.74) is 0. The molecule has 0 heterocycles. The zero-order valence-electron chi connectivity index (χ0n) is 8.43. The molecule has 0 aromatic heterocycles. The van der Waals surface area contributed by atoms with Gasteiger partial charge >= 0.3 is 0 Å². The smallest absolute Gasteiger partial charge is 0.0783 e. The minimum absolute atomic E-state index is 0. The minimum atomic E-state index is 0. The van der Waals surface area contributed by atoms with E-state index in [-0.39, 0.29) is 5.48 Å². The van der Waals surface area contributed by atoms with Gasteiger partial charge in [0.2, 0.25) is 0 Å². The molecule has 1 N–H and O–H groups in total. The molecule has 0 radical (unpaired) electrons. The Balaban J connectivity index is 0. The normalized spacial score (nSPS) is 10.9. The fourth-order valence-corrected chi connectivity index (χ4v) is 1.62. The third-order valence-electron chi connectivity index (χ3n) is 2.71. The summed E-state index contributed by atoms with van der Waals surface area (Å²) in [7, 11) is 0. The second-order valence-corrected chi connectivity index (χ2v) is 3.01. The van der Waals surface area contributed by atoms with Crippen molar-refractivity contribution in [3.8, 4) is 0 Å². The van der Waals surface area contributed by atoms with Crippen molar-refractivity contribution in [1.29, 1.82) is 0 Å². The van der Waals surface area contributed by atoms with Crippen molar-refractivity contribution in [2.45, 2.75) is 34.1 Å². The standard InChI is InChI=1S/C9H22N.H2O/c1-5-9-10(6-2,7-3)8-4;/h5-9H2,1-4H3;1H2/q+1;/p-1. The van der Waals surface area contributed by atoms with Gasteiger partial charge in [-0.2, -0.15) is 0 Å². The van der Waals surface area contributed by atoms with Gasteiger partial charge in [0.15, 0.2) is 0 Å². The molecule has 0 rings (SSSR count). The molecule has 0 atom stereocenters. The number of rotatable bonds is 5. The van der Waals surface area contributed by atoms with Crippen LogP contribution in [0.25, 0.3) is 0 Å². The van der Waals surface area contributed by atoms with Crippen LogP contribution in [0.3, 0.4) is 0 Å². The Hall–Kier alpha value is -0.0800. The molecule has 0 aliphatic heterocycles. The van der Waals surface area contributed by atoms with Crippen molar-refractivity contribution in [3.63, 3.8) is 0 Å². The van der Waals surface area contributed by atoms with Crippen LogP contribution in [0, 0.1) is 0 Å². The van der Waals surface area contributed by atoms with Crippen LogP contribution >= 0.6 is 0 Å². The summed E-state index contributed by atoms with van der Waals surface area (Å²) in [5.74, 6) is 0. The van der Waals surface area contributed by atoms with Crippen LogP contribution in [-0.4, -0.2) is 36.1 Å². The maximum absolute atomic E-state index is 2.29. The van der Waals surface area contributed by atoms with E-state index in [1.165, 1.54) is 37.1 Å². The van der Waals surface area contributed by atoms with Gasteiger partial charge in [-0.25, -0.2) is 0 Å². The van der Waals surface area contributed by atoms with E-state index in [1.807, 2.05) is 0 Å². The highest BCUT2D eigenvalue weighted by atomic mass is 16.0. The van der Waals surface area contributed by atoms with Crippen molar-refractivity contribution >= 4 is 0 Å². The van der Waals surface area contributed by atoms with Crippen LogP contribution in [0.4, 0.5) is 0 Å². The molecule has 0 unspecified atom stereocenters. The lowest BCUT2D eigenvalue weighted by Gasteiger charge is -2.35. The average Bonchev–Trinajstić information content (AvgIpc) is 2.01. The molecule has 2 nitrogen and oxygen atoms in total. The number of quaternary nitrogens is 1. The van der Waals surface area contributed by atoms with Gasteiger partial charge in [-0.05, 0) is 27.2 Å². The van der Waals surface area contributed by atoms with Crippen LogP contribution in [-0.2, 0) is 0 Å². The van der Waals surface area contributed by atoms with Crippen LogP contribution in [0.15, 0.2) is 0 Å². The zero-order chi connectivity index (χ0) is 8.04. The molecule has 0 saturated carbocycles. The molecule has 2 heteroatoms. The minimum Gasteiger partial charge on any atom is -0.870 e. The van der Waals surface area contributed by atoms with E-state index in [9.17, 15) is 0 Å². The van der Waals surface area contributed by atoms with E-state index in [0.29, 0.717) is 0 Å². The molecule has 11 heavy (non-hydrogen) atoms. The van der Waals surface area contributed by atoms with Crippen molar-refractivity contribution in [2.75, 3.05) is 26.2 Å². The monoisotopic (exact) mass is 161 g/mol. The molecule has 0 saturated heterocycles. The summed E-state index contributed by atoms with van der Waals surface area (Å²) >= 11 is 0. The maximum atomic E-state index is 2.29. The molecule has 0 fully saturated rings. The molecule has 0 aromatic rings. The highest BCUT2D eigenvalue weighted by Gasteiger charge is 2.17. The van der Waals surface area contributed by atoms with Crippen molar-refractivity contribution in [1.82, 2.24) is 0 Å². The van der Waals surface area contributed by atoms with Gasteiger partial charge in [0.25, 0.3) is 0 Å². The van der Waals surface area contributed by atoms with E-state index in [1.54, 1.807) is 0 Å². The number of hydrogen-bond acceptors (Lipinski definition) is 1. The fraction of sp³-hybridized carbons (Fsp3) is 1.00. The lowest BCUT2D eigenvalue weighted by atomic mass is 10.3. The highest BCUT2D eigenvalue weighted by molar-refractivity contribution is 4.35. The predicted molar refractivity (Wildman–Crippen MR) is 49.0 cm³/mol. The molecule has 0 aliphatic carbocycles. The summed E-state index contributed by atoms with van der Waals surface area (Å²) in [6.45, 7) is 14.4. The second-order valence-electron chi connectivity index (χ2n) is 3.01. The predicted octanol–water partition coefficient (Wildman–Crippen LogP) is 2.10. The van der Waals surface area contributed by atoms with Gasteiger partial charge in [0, 0.05) is 0 Å². The van der Waals surface area contributed by atoms with E-state index in [4.69, 9.17) is 0 Å². The molecule has 0 aromatic carbocycles. The molecule has 0 amide bonds. The first-order valence-corrected chi connectivity index (χ1v) is 4.59. The van der Waals surface area contributed by atoms with E-state index in [2.05, 4.69) is 27.7 Å². The first-order chi connectivity index (χ1) is 4.74. The Labute approximate surface area is 71.1 Å². The largest absolute Gasteiger partial charge is 0.870 e. The Morgan fingerprint density at radius 1 is 0.818 bits per heavy atom. The molecule has 70 valence electrons. The molecule has 0 aliphatic rings. The molecule has 0 bridgehead atoms. The SMILES string of the molecule is CCC[N+](CC)(CC)CC.[OH-]. The Kier molecular flexibility index (Phi) is 8.13. The second kappa shape index (κ2) is 6.62. The lowest BCUT2D eigenvalue weighted by molar-refractivity contribution is -0.923. The fourth-order valence-electron chi connectivity index (χ4n) is 1.62. The van der Waals surface area contributed by atoms with Crippen molar-refractivity contribution in [2.24, 2.45) is 0 Å². The first kappa shape index (κ1) is 13.5. The van der Waals surface area contributed by atoms with E-state index >= 15 is 0 Å². The zero-order valence-corrected chi connectivity index (χ0v) is 8.43. The summed E-state index contributed by atoms with van der Waals surface area (Å²) < 4.78 is 1.30. The first-order valence-electron chi connectivity index (χ1n) is 4.59. The molecule has 0 spiro atoms. The van der Waals surface area contributed by atoms with Crippen LogP contribution in [0.2, 0.25) is 0 Å². The Morgan fingerprint density at radius 2 is 1.18 bits per heavy atom. The Morgan fingerprint density at radius 3 is 1.27 bits per heavy atom. The average molecular weight is 161 g/mol. The summed E-state index contributed by atoms with van der Waals surface area (Å²) in [6.07, 6.45) is 1.32. The molecular weight excluding hydrogens is 138 g/mol. The van der Waals surface area contributed by atoms with Crippen LogP contribution in [0.5, 0.6) is 0 Å². The lowest BCUT2D eigenvalue weighted by Crippen LogP contribution is -2.47. The van der Waals surface area contributed by atoms with Gasteiger partial charge in [-0.3, -0.25) is 0 Å². The van der Waals surface area contributed by atoms with Crippen molar-refractivity contribution < 1.29 is 9.96 Å². The summed E-state index contributed by atoms with van der Waals surface area (Å²) in [5, 5.41) is 0. The van der Waals surface area contributed by atoms with Crippen LogP contribution in [0.1, 0.15) is 34.1 Å². The van der Waals surface area contributed by atoms with Crippen molar-refractivity contribution in [3.05, 3.63) is 0 Å². The Bertz CT molecular complexity index is 71.4. The number of hydrogen-bond donors (Lipinski definition) is 0. The van der Waals surface area contributed by atoms with Gasteiger partial charge < -0.3 is 9.96 Å².